The molecule has 0 saturated heterocycles. The summed E-state index contributed by atoms with van der Waals surface area (Å²) in [6.07, 6.45) is 4.64. The second-order valence-corrected chi connectivity index (χ2v) is 6.07. The number of hydrogen-bond acceptors (Lipinski definition) is 3. The predicted octanol–water partition coefficient (Wildman–Crippen LogP) is 3.17. The molecule has 1 aliphatic carbocycles. The Morgan fingerprint density at radius 2 is 2.41 bits per heavy atom. The molecule has 1 unspecified atom stereocenters. The van der Waals surface area contributed by atoms with Crippen LogP contribution in [0.15, 0.2) is 16.8 Å². The van der Waals surface area contributed by atoms with Crippen LogP contribution >= 0.6 is 23.6 Å². The Kier molecular flexibility index (Phi) is 4.54. The lowest BCUT2D eigenvalue weighted by Crippen LogP contribution is -2.38. The topological polar surface area (TPSA) is 29.3 Å². The highest BCUT2D eigenvalue weighted by Crippen LogP contribution is 2.32. The van der Waals surface area contributed by atoms with Crippen LogP contribution in [0.1, 0.15) is 38.2 Å². The number of nitrogens with zero attached hydrogens (tertiary/aromatic N) is 1. The van der Waals surface area contributed by atoms with Crippen molar-refractivity contribution in [3.63, 3.8) is 0 Å². The van der Waals surface area contributed by atoms with Gasteiger partial charge in [-0.1, -0.05) is 19.1 Å². The first kappa shape index (κ1) is 13.0. The van der Waals surface area contributed by atoms with E-state index in [1.165, 1.54) is 18.4 Å². The molecular weight excluding hydrogens is 248 g/mol. The molecule has 17 heavy (non-hydrogen) atoms. The second kappa shape index (κ2) is 5.94. The van der Waals surface area contributed by atoms with E-state index in [1.54, 1.807) is 11.3 Å². The molecule has 4 heteroatoms. The van der Waals surface area contributed by atoms with Crippen LogP contribution in [-0.4, -0.2) is 22.0 Å². The van der Waals surface area contributed by atoms with Gasteiger partial charge in [0.1, 0.15) is 0 Å². The van der Waals surface area contributed by atoms with Crippen LogP contribution in [0.25, 0.3) is 0 Å². The van der Waals surface area contributed by atoms with Crippen molar-refractivity contribution in [1.29, 1.82) is 0 Å². The van der Waals surface area contributed by atoms with Gasteiger partial charge in [0.15, 0.2) is 0 Å². The zero-order chi connectivity index (χ0) is 12.3. The van der Waals surface area contributed by atoms with E-state index >= 15 is 0 Å². The lowest BCUT2D eigenvalue weighted by Gasteiger charge is -2.30. The predicted molar refractivity (Wildman–Crippen MR) is 78.4 cm³/mol. The number of thiocarbonyl (C=S) groups is 1. The SMILES string of the molecule is CCC(CC(N)=S)N(Cc1ccsc1)C1CC1. The minimum absolute atomic E-state index is 0.514. The van der Waals surface area contributed by atoms with E-state index in [0.29, 0.717) is 11.0 Å². The molecule has 0 aromatic carbocycles. The number of thiophene rings is 1. The highest BCUT2D eigenvalue weighted by atomic mass is 32.1. The smallest absolute Gasteiger partial charge is 0.0743 e. The van der Waals surface area contributed by atoms with Crippen LogP contribution in [0.3, 0.4) is 0 Å². The lowest BCUT2D eigenvalue weighted by atomic mass is 10.1. The average Bonchev–Trinajstić information content (AvgIpc) is 3.01. The summed E-state index contributed by atoms with van der Waals surface area (Å²) in [4.78, 5) is 3.24. The Morgan fingerprint density at radius 3 is 2.88 bits per heavy atom. The van der Waals surface area contributed by atoms with Crippen molar-refractivity contribution in [2.45, 2.75) is 51.2 Å². The summed E-state index contributed by atoms with van der Waals surface area (Å²) < 4.78 is 0. The van der Waals surface area contributed by atoms with Crippen molar-refractivity contribution in [1.82, 2.24) is 4.90 Å². The minimum atomic E-state index is 0.514. The first-order valence-electron chi connectivity index (χ1n) is 6.25. The number of nitrogens with two attached hydrogens (primary N) is 1. The van der Waals surface area contributed by atoms with Gasteiger partial charge in [0.05, 0.1) is 4.99 Å². The van der Waals surface area contributed by atoms with Gasteiger partial charge in [-0.3, -0.25) is 4.90 Å². The van der Waals surface area contributed by atoms with Gasteiger partial charge in [-0.25, -0.2) is 0 Å². The molecule has 1 fully saturated rings. The standard InChI is InChI=1S/C13H20N2S2/c1-2-11(7-13(14)16)15(12-3-4-12)8-10-5-6-17-9-10/h5-6,9,11-12H,2-4,7-8H2,1H3,(H2,14,16). The van der Waals surface area contributed by atoms with E-state index < -0.39 is 0 Å². The van der Waals surface area contributed by atoms with E-state index in [1.807, 2.05) is 0 Å². The van der Waals surface area contributed by atoms with Crippen LogP contribution in [0.5, 0.6) is 0 Å². The zero-order valence-corrected chi connectivity index (χ0v) is 11.9. The van der Waals surface area contributed by atoms with Gasteiger partial charge in [-0.15, -0.1) is 0 Å². The Hall–Kier alpha value is -0.450. The fourth-order valence-corrected chi connectivity index (χ4v) is 3.14. The van der Waals surface area contributed by atoms with E-state index in [0.717, 1.165) is 25.4 Å². The van der Waals surface area contributed by atoms with Crippen molar-refractivity contribution in [2.75, 3.05) is 0 Å². The highest BCUT2D eigenvalue weighted by molar-refractivity contribution is 7.80. The van der Waals surface area contributed by atoms with Crippen LogP contribution in [-0.2, 0) is 6.54 Å². The van der Waals surface area contributed by atoms with Crippen molar-refractivity contribution in [2.24, 2.45) is 5.73 Å². The van der Waals surface area contributed by atoms with Crippen molar-refractivity contribution >= 4 is 28.5 Å². The van der Waals surface area contributed by atoms with E-state index in [9.17, 15) is 0 Å². The molecule has 0 radical (unpaired) electrons. The van der Waals surface area contributed by atoms with Crippen molar-refractivity contribution in [3.8, 4) is 0 Å². The molecular formula is C13H20N2S2. The Bertz CT molecular complexity index is 358. The van der Waals surface area contributed by atoms with Gasteiger partial charge in [-0.05, 0) is 41.7 Å². The largest absolute Gasteiger partial charge is 0.393 e. The fourth-order valence-electron chi connectivity index (χ4n) is 2.28. The van der Waals surface area contributed by atoms with Crippen LogP contribution < -0.4 is 5.73 Å². The second-order valence-electron chi connectivity index (χ2n) is 4.77. The average molecular weight is 268 g/mol. The molecule has 2 nitrogen and oxygen atoms in total. The molecule has 2 N–H and O–H groups in total. The maximum atomic E-state index is 5.71. The third-order valence-corrected chi connectivity index (χ3v) is 4.24. The molecule has 1 heterocycles. The van der Waals surface area contributed by atoms with Gasteiger partial charge < -0.3 is 5.73 Å². The Balaban J connectivity index is 2.02. The normalized spacial score (nSPS) is 17.3. The first-order chi connectivity index (χ1) is 8.20. The van der Waals surface area contributed by atoms with E-state index in [4.69, 9.17) is 18.0 Å². The molecule has 2 rings (SSSR count). The maximum absolute atomic E-state index is 5.71. The van der Waals surface area contributed by atoms with Gasteiger partial charge in [0, 0.05) is 25.0 Å². The van der Waals surface area contributed by atoms with Crippen LogP contribution in [0, 0.1) is 0 Å². The summed E-state index contributed by atoms with van der Waals surface area (Å²) in [6, 6.07) is 3.49. The summed E-state index contributed by atoms with van der Waals surface area (Å²) in [7, 11) is 0. The molecule has 1 aliphatic rings. The number of hydrogen-bond donors (Lipinski definition) is 1. The van der Waals surface area contributed by atoms with Crippen molar-refractivity contribution in [3.05, 3.63) is 22.4 Å². The minimum Gasteiger partial charge on any atom is -0.393 e. The monoisotopic (exact) mass is 268 g/mol. The summed E-state index contributed by atoms with van der Waals surface area (Å²) in [5.74, 6) is 0. The van der Waals surface area contributed by atoms with Gasteiger partial charge in [0.25, 0.3) is 0 Å². The fraction of sp³-hybridized carbons (Fsp3) is 0.615. The molecule has 0 aliphatic heterocycles. The van der Waals surface area contributed by atoms with Gasteiger partial charge in [0.2, 0.25) is 0 Å². The third kappa shape index (κ3) is 3.76. The first-order valence-corrected chi connectivity index (χ1v) is 7.61. The molecule has 0 bridgehead atoms. The Labute approximate surface area is 113 Å². The van der Waals surface area contributed by atoms with E-state index in [2.05, 4.69) is 28.7 Å². The van der Waals surface area contributed by atoms with Crippen molar-refractivity contribution < 1.29 is 0 Å². The molecule has 0 amide bonds. The van der Waals surface area contributed by atoms with Gasteiger partial charge >= 0.3 is 0 Å². The Morgan fingerprint density at radius 1 is 1.65 bits per heavy atom. The van der Waals surface area contributed by atoms with E-state index in [-0.39, 0.29) is 0 Å². The third-order valence-electron chi connectivity index (χ3n) is 3.34. The van der Waals surface area contributed by atoms with Crippen LogP contribution in [0.2, 0.25) is 0 Å². The molecule has 1 aromatic heterocycles. The maximum Gasteiger partial charge on any atom is 0.0743 e. The quantitative estimate of drug-likeness (QED) is 0.770. The summed E-state index contributed by atoms with van der Waals surface area (Å²) in [5, 5.41) is 4.39. The zero-order valence-electron chi connectivity index (χ0n) is 10.3. The molecule has 1 aromatic rings. The molecule has 1 atom stereocenters. The number of rotatable bonds is 7. The van der Waals surface area contributed by atoms with Crippen LogP contribution in [0.4, 0.5) is 0 Å². The molecule has 94 valence electrons. The lowest BCUT2D eigenvalue weighted by molar-refractivity contribution is 0.176. The summed E-state index contributed by atoms with van der Waals surface area (Å²) in [5.41, 5.74) is 7.13. The van der Waals surface area contributed by atoms with Gasteiger partial charge in [-0.2, -0.15) is 11.3 Å². The highest BCUT2D eigenvalue weighted by Gasteiger charge is 2.33. The molecule has 1 saturated carbocycles. The summed E-state index contributed by atoms with van der Waals surface area (Å²) >= 11 is 6.84. The summed E-state index contributed by atoms with van der Waals surface area (Å²) in [6.45, 7) is 3.28. The molecule has 0 spiro atoms.